The van der Waals surface area contributed by atoms with Gasteiger partial charge in [0.05, 0.1) is 10.8 Å². The van der Waals surface area contributed by atoms with Crippen LogP contribution in [0.3, 0.4) is 0 Å². The van der Waals surface area contributed by atoms with Crippen LogP contribution in [0.2, 0.25) is 0 Å². The maximum absolute atomic E-state index is 13.1. The number of sulfonamides is 1. The first-order valence-corrected chi connectivity index (χ1v) is 11.1. The number of nitrogens with one attached hydrogen (secondary N) is 2. The molecule has 7 nitrogen and oxygen atoms in total. The second-order valence-electron chi connectivity index (χ2n) is 7.25. The molecule has 1 heterocycles. The molecule has 0 saturated carbocycles. The van der Waals surface area contributed by atoms with Crippen molar-refractivity contribution in [1.82, 2.24) is 9.62 Å². The van der Waals surface area contributed by atoms with Crippen LogP contribution < -0.4 is 10.6 Å². The number of halogens is 1. The van der Waals surface area contributed by atoms with Crippen LogP contribution in [0.5, 0.6) is 0 Å². The molecule has 2 N–H and O–H groups in total. The van der Waals surface area contributed by atoms with Gasteiger partial charge in [0.2, 0.25) is 15.9 Å². The number of amides is 2. The van der Waals surface area contributed by atoms with Crippen molar-refractivity contribution in [3.63, 3.8) is 0 Å². The van der Waals surface area contributed by atoms with Gasteiger partial charge in [0.15, 0.2) is 0 Å². The number of piperidine rings is 1. The Kier molecular flexibility index (Phi) is 6.52. The molecule has 0 spiro atoms. The summed E-state index contributed by atoms with van der Waals surface area (Å²) in [6.07, 6.45) is 1.11. The van der Waals surface area contributed by atoms with Crippen molar-refractivity contribution in [2.45, 2.75) is 24.7 Å². The monoisotopic (exact) mass is 433 g/mol. The van der Waals surface area contributed by atoms with Crippen LogP contribution in [0.15, 0.2) is 47.4 Å². The first kappa shape index (κ1) is 21.9. The Labute approximate surface area is 175 Å². The molecular formula is C21H24FN3O4S. The minimum atomic E-state index is -3.80. The zero-order chi connectivity index (χ0) is 21.9. The fourth-order valence-corrected chi connectivity index (χ4v) is 4.98. The zero-order valence-electron chi connectivity index (χ0n) is 16.8. The molecular weight excluding hydrogens is 409 g/mol. The highest BCUT2D eigenvalue weighted by molar-refractivity contribution is 7.89. The average Bonchev–Trinajstić information content (AvgIpc) is 2.75. The van der Waals surface area contributed by atoms with Crippen LogP contribution in [-0.4, -0.2) is 44.7 Å². The van der Waals surface area contributed by atoms with E-state index in [0.29, 0.717) is 30.6 Å². The summed E-state index contributed by atoms with van der Waals surface area (Å²) in [7, 11) is -2.26. The Bertz CT molecular complexity index is 1050. The third kappa shape index (κ3) is 4.68. The first-order chi connectivity index (χ1) is 14.2. The quantitative estimate of drug-likeness (QED) is 0.758. The Balaban J connectivity index is 1.71. The summed E-state index contributed by atoms with van der Waals surface area (Å²) < 4.78 is 40.1. The van der Waals surface area contributed by atoms with Gasteiger partial charge in [-0.15, -0.1) is 0 Å². The summed E-state index contributed by atoms with van der Waals surface area (Å²) in [4.78, 5) is 24.5. The standard InChI is InChI=1S/C21H24FN3O4S/c1-14-12-15(20(26)23-2)5-10-19(14)24-21(27)16-4-3-11-25(13-16)30(28,29)18-8-6-17(22)7-9-18/h5-10,12,16H,3-4,11,13H2,1-2H3,(H,23,26)(H,24,27). The third-order valence-corrected chi connectivity index (χ3v) is 7.06. The highest BCUT2D eigenvalue weighted by Crippen LogP contribution is 2.26. The molecule has 0 bridgehead atoms. The molecule has 2 aromatic rings. The minimum absolute atomic E-state index is 0.00518. The van der Waals surface area contributed by atoms with E-state index in [9.17, 15) is 22.4 Å². The van der Waals surface area contributed by atoms with E-state index in [2.05, 4.69) is 10.6 Å². The molecule has 1 unspecified atom stereocenters. The molecule has 1 fully saturated rings. The number of aryl methyl sites for hydroxylation is 1. The average molecular weight is 434 g/mol. The van der Waals surface area contributed by atoms with Gasteiger partial charge in [-0.2, -0.15) is 4.31 Å². The van der Waals surface area contributed by atoms with Gasteiger partial charge in [-0.3, -0.25) is 9.59 Å². The van der Waals surface area contributed by atoms with Gasteiger partial charge >= 0.3 is 0 Å². The number of nitrogens with zero attached hydrogens (tertiary/aromatic N) is 1. The summed E-state index contributed by atoms with van der Waals surface area (Å²) in [6.45, 7) is 2.15. The predicted molar refractivity (Wildman–Crippen MR) is 111 cm³/mol. The third-order valence-electron chi connectivity index (χ3n) is 5.18. The van der Waals surface area contributed by atoms with Crippen LogP contribution >= 0.6 is 0 Å². The second kappa shape index (κ2) is 8.93. The van der Waals surface area contributed by atoms with E-state index in [1.165, 1.54) is 16.4 Å². The van der Waals surface area contributed by atoms with E-state index in [1.807, 2.05) is 0 Å². The number of rotatable bonds is 5. The molecule has 30 heavy (non-hydrogen) atoms. The largest absolute Gasteiger partial charge is 0.355 e. The number of benzene rings is 2. The Morgan fingerprint density at radius 3 is 2.47 bits per heavy atom. The van der Waals surface area contributed by atoms with Crippen molar-refractivity contribution in [3.8, 4) is 0 Å². The number of carbonyl (C=O) groups is 2. The normalized spacial score (nSPS) is 17.4. The van der Waals surface area contributed by atoms with Crippen molar-refractivity contribution >= 4 is 27.5 Å². The van der Waals surface area contributed by atoms with E-state index in [1.54, 1.807) is 32.2 Å². The van der Waals surface area contributed by atoms with Gasteiger partial charge in [-0.05, 0) is 67.8 Å². The van der Waals surface area contributed by atoms with Crippen molar-refractivity contribution < 1.29 is 22.4 Å². The summed E-state index contributed by atoms with van der Waals surface area (Å²) in [5, 5.41) is 5.39. The number of anilines is 1. The summed E-state index contributed by atoms with van der Waals surface area (Å²) in [5.41, 5.74) is 1.80. The lowest BCUT2D eigenvalue weighted by Crippen LogP contribution is -2.43. The van der Waals surface area contributed by atoms with E-state index in [4.69, 9.17) is 0 Å². The fourth-order valence-electron chi connectivity index (χ4n) is 3.45. The molecule has 3 rings (SSSR count). The molecule has 1 saturated heterocycles. The van der Waals surface area contributed by atoms with E-state index in [-0.39, 0.29) is 23.3 Å². The predicted octanol–water partition coefficient (Wildman–Crippen LogP) is 2.53. The molecule has 1 aliphatic rings. The zero-order valence-corrected chi connectivity index (χ0v) is 17.6. The van der Waals surface area contributed by atoms with E-state index < -0.39 is 21.8 Å². The Hall–Kier alpha value is -2.78. The highest BCUT2D eigenvalue weighted by Gasteiger charge is 2.33. The number of hydrogen-bond acceptors (Lipinski definition) is 4. The van der Waals surface area contributed by atoms with Gasteiger partial charge < -0.3 is 10.6 Å². The molecule has 9 heteroatoms. The minimum Gasteiger partial charge on any atom is -0.355 e. The number of hydrogen-bond donors (Lipinski definition) is 2. The molecule has 1 atom stereocenters. The maximum atomic E-state index is 13.1. The smallest absolute Gasteiger partial charge is 0.251 e. The number of carbonyl (C=O) groups excluding carboxylic acids is 2. The topological polar surface area (TPSA) is 95.6 Å². The Morgan fingerprint density at radius 1 is 1.13 bits per heavy atom. The Morgan fingerprint density at radius 2 is 1.83 bits per heavy atom. The summed E-state index contributed by atoms with van der Waals surface area (Å²) in [6, 6.07) is 9.62. The van der Waals surface area contributed by atoms with Gasteiger partial charge in [0.25, 0.3) is 5.91 Å². The van der Waals surface area contributed by atoms with Crippen molar-refractivity contribution in [2.24, 2.45) is 5.92 Å². The van der Waals surface area contributed by atoms with Crippen LogP contribution in [0.1, 0.15) is 28.8 Å². The second-order valence-corrected chi connectivity index (χ2v) is 9.19. The molecule has 0 aliphatic carbocycles. The van der Waals surface area contributed by atoms with Crippen LogP contribution in [-0.2, 0) is 14.8 Å². The van der Waals surface area contributed by atoms with E-state index >= 15 is 0 Å². The summed E-state index contributed by atoms with van der Waals surface area (Å²) in [5.74, 6) is -1.51. The van der Waals surface area contributed by atoms with Gasteiger partial charge in [-0.1, -0.05) is 0 Å². The van der Waals surface area contributed by atoms with Gasteiger partial charge in [0, 0.05) is 31.4 Å². The first-order valence-electron chi connectivity index (χ1n) is 9.61. The van der Waals surface area contributed by atoms with Crippen molar-refractivity contribution in [3.05, 3.63) is 59.4 Å². The fraction of sp³-hybridized carbons (Fsp3) is 0.333. The lowest BCUT2D eigenvalue weighted by atomic mass is 9.98. The summed E-state index contributed by atoms with van der Waals surface area (Å²) >= 11 is 0. The SMILES string of the molecule is CNC(=O)c1ccc(NC(=O)C2CCCN(S(=O)(=O)c3ccc(F)cc3)C2)c(C)c1. The van der Waals surface area contributed by atoms with Crippen LogP contribution in [0, 0.1) is 18.7 Å². The van der Waals surface area contributed by atoms with E-state index in [0.717, 1.165) is 17.7 Å². The van der Waals surface area contributed by atoms with Crippen molar-refractivity contribution in [2.75, 3.05) is 25.5 Å². The lowest BCUT2D eigenvalue weighted by Gasteiger charge is -2.31. The molecule has 0 aromatic heterocycles. The molecule has 2 aromatic carbocycles. The maximum Gasteiger partial charge on any atom is 0.251 e. The highest BCUT2D eigenvalue weighted by atomic mass is 32.2. The van der Waals surface area contributed by atoms with Crippen LogP contribution in [0.4, 0.5) is 10.1 Å². The molecule has 2 amide bonds. The molecule has 0 radical (unpaired) electrons. The lowest BCUT2D eigenvalue weighted by molar-refractivity contribution is -0.120. The molecule has 1 aliphatic heterocycles. The molecule has 160 valence electrons. The van der Waals surface area contributed by atoms with Crippen molar-refractivity contribution in [1.29, 1.82) is 0 Å². The van der Waals surface area contributed by atoms with Gasteiger partial charge in [-0.25, -0.2) is 12.8 Å². The van der Waals surface area contributed by atoms with Gasteiger partial charge in [0.1, 0.15) is 5.82 Å². The van der Waals surface area contributed by atoms with Crippen LogP contribution in [0.25, 0.3) is 0 Å².